The molecular weight excluding hydrogens is 684 g/mol. The molecule has 0 bridgehead atoms. The number of ether oxygens (including phenoxy) is 5. The third kappa shape index (κ3) is 5.70. The van der Waals surface area contributed by atoms with Crippen LogP contribution in [0.1, 0.15) is 36.6 Å². The Morgan fingerprint density at radius 2 is 1.89 bits per heavy atom. The summed E-state index contributed by atoms with van der Waals surface area (Å²) in [5, 5.41) is 2.26. The van der Waals surface area contributed by atoms with E-state index in [4.69, 9.17) is 23.7 Å². The summed E-state index contributed by atoms with van der Waals surface area (Å²) in [6, 6.07) is 22.6. The predicted molar refractivity (Wildman–Crippen MR) is 182 cm³/mol. The summed E-state index contributed by atoms with van der Waals surface area (Å²) in [6.45, 7) is 4.13. The highest BCUT2D eigenvalue weighted by Crippen LogP contribution is 2.39. The van der Waals surface area contributed by atoms with E-state index in [1.54, 1.807) is 43.7 Å². The number of aromatic nitrogens is 1. The Hall–Kier alpha value is -4.87. The summed E-state index contributed by atoms with van der Waals surface area (Å²) >= 11 is 4.90. The van der Waals surface area contributed by atoms with Crippen LogP contribution in [-0.4, -0.2) is 31.0 Å². The minimum absolute atomic E-state index is 0.104. The van der Waals surface area contributed by atoms with Gasteiger partial charge in [0.05, 0.1) is 40.0 Å². The standard InChI is InChI=1S/C36H29BrN2O7S/c1-4-43-35(41)31-20(2)38-36-39(32(31)23-12-13-27-28(17-23)46-19-45-27)34(40)30(47-36)16-21-14-26(37)33(29(15-21)42-3)44-18-24-10-7-9-22-8-5-6-11-25(22)24/h5-17,32H,4,18-19H2,1-3H3. The highest BCUT2D eigenvalue weighted by molar-refractivity contribution is 9.10. The van der Waals surface area contributed by atoms with E-state index in [1.165, 1.54) is 11.3 Å². The van der Waals surface area contributed by atoms with Crippen molar-refractivity contribution in [3.8, 4) is 23.0 Å². The Kier molecular flexibility index (Phi) is 8.33. The topological polar surface area (TPSA) is 97.6 Å². The molecule has 0 saturated carbocycles. The van der Waals surface area contributed by atoms with E-state index in [-0.39, 0.29) is 19.0 Å². The lowest BCUT2D eigenvalue weighted by atomic mass is 9.95. The number of hydrogen-bond donors (Lipinski definition) is 0. The van der Waals surface area contributed by atoms with Gasteiger partial charge in [-0.1, -0.05) is 59.9 Å². The van der Waals surface area contributed by atoms with Crippen molar-refractivity contribution in [3.63, 3.8) is 0 Å². The van der Waals surface area contributed by atoms with Crippen LogP contribution in [-0.2, 0) is 16.1 Å². The number of allylic oxidation sites excluding steroid dienone is 1. The molecular formula is C36H29BrN2O7S. The van der Waals surface area contributed by atoms with Gasteiger partial charge in [0, 0.05) is 0 Å². The Labute approximate surface area is 282 Å². The van der Waals surface area contributed by atoms with Crippen LogP contribution < -0.4 is 33.8 Å². The number of carbonyl (C=O) groups excluding carboxylic acids is 1. The lowest BCUT2D eigenvalue weighted by molar-refractivity contribution is -0.139. The van der Waals surface area contributed by atoms with Crippen LogP contribution >= 0.6 is 27.3 Å². The van der Waals surface area contributed by atoms with Gasteiger partial charge in [0.25, 0.3) is 5.56 Å². The van der Waals surface area contributed by atoms with Crippen LogP contribution in [0.3, 0.4) is 0 Å². The molecule has 1 atom stereocenters. The second-order valence-electron chi connectivity index (χ2n) is 10.9. The highest BCUT2D eigenvalue weighted by Gasteiger charge is 2.34. The largest absolute Gasteiger partial charge is 0.493 e. The average molecular weight is 714 g/mol. The third-order valence-corrected chi connectivity index (χ3v) is 9.60. The van der Waals surface area contributed by atoms with Crippen molar-refractivity contribution in [1.29, 1.82) is 0 Å². The molecule has 0 radical (unpaired) electrons. The zero-order valence-corrected chi connectivity index (χ0v) is 28.1. The summed E-state index contributed by atoms with van der Waals surface area (Å²) in [6.07, 6.45) is 1.78. The van der Waals surface area contributed by atoms with E-state index >= 15 is 0 Å². The van der Waals surface area contributed by atoms with E-state index < -0.39 is 12.0 Å². The number of hydrogen-bond acceptors (Lipinski definition) is 9. The molecule has 238 valence electrons. The van der Waals surface area contributed by atoms with Gasteiger partial charge < -0.3 is 23.7 Å². The fourth-order valence-electron chi connectivity index (χ4n) is 5.87. The van der Waals surface area contributed by atoms with Gasteiger partial charge in [-0.05, 0) is 87.6 Å². The van der Waals surface area contributed by atoms with Gasteiger partial charge >= 0.3 is 5.97 Å². The van der Waals surface area contributed by atoms with Crippen LogP contribution in [0.5, 0.6) is 23.0 Å². The summed E-state index contributed by atoms with van der Waals surface area (Å²) < 4.78 is 31.2. The number of carbonyl (C=O) groups is 1. The van der Waals surface area contributed by atoms with Crippen LogP contribution in [0.2, 0.25) is 0 Å². The maximum atomic E-state index is 14.1. The monoisotopic (exact) mass is 712 g/mol. The van der Waals surface area contributed by atoms with Crippen molar-refractivity contribution in [1.82, 2.24) is 4.57 Å². The van der Waals surface area contributed by atoms with Gasteiger partial charge in [-0.25, -0.2) is 9.79 Å². The van der Waals surface area contributed by atoms with E-state index in [2.05, 4.69) is 39.1 Å². The summed E-state index contributed by atoms with van der Waals surface area (Å²) in [5.74, 6) is 1.68. The van der Waals surface area contributed by atoms with E-state index in [1.807, 2.05) is 42.5 Å². The maximum Gasteiger partial charge on any atom is 0.338 e. The van der Waals surface area contributed by atoms with E-state index in [0.29, 0.717) is 60.2 Å². The summed E-state index contributed by atoms with van der Waals surface area (Å²) in [4.78, 5) is 32.5. The second-order valence-corrected chi connectivity index (χ2v) is 12.7. The molecule has 1 aromatic heterocycles. The zero-order chi connectivity index (χ0) is 32.7. The minimum atomic E-state index is -0.770. The first-order valence-corrected chi connectivity index (χ1v) is 16.5. The number of thiazole rings is 1. The van der Waals surface area contributed by atoms with Crippen LogP contribution in [0.4, 0.5) is 0 Å². The van der Waals surface area contributed by atoms with E-state index in [0.717, 1.165) is 21.9 Å². The smallest absolute Gasteiger partial charge is 0.338 e. The average Bonchev–Trinajstić information content (AvgIpc) is 3.66. The normalized spacial score (nSPS) is 15.4. The van der Waals surface area contributed by atoms with Gasteiger partial charge in [-0.3, -0.25) is 9.36 Å². The number of fused-ring (bicyclic) bond motifs is 3. The second kappa shape index (κ2) is 12.7. The molecule has 1 unspecified atom stereocenters. The van der Waals surface area contributed by atoms with Gasteiger partial charge in [-0.2, -0.15) is 0 Å². The molecule has 2 aliphatic heterocycles. The van der Waals surface area contributed by atoms with Crippen LogP contribution in [0, 0.1) is 0 Å². The highest BCUT2D eigenvalue weighted by atomic mass is 79.9. The third-order valence-electron chi connectivity index (χ3n) is 8.03. The number of methoxy groups -OCH3 is 1. The maximum absolute atomic E-state index is 14.1. The van der Waals surface area contributed by atoms with Crippen molar-refractivity contribution in [2.75, 3.05) is 20.5 Å². The molecule has 11 heteroatoms. The SMILES string of the molecule is CCOC(=O)C1=C(C)N=c2sc(=Cc3cc(Br)c(OCc4cccc5ccccc45)c(OC)c3)c(=O)n2C1c1ccc2c(c1)OCO2. The molecule has 7 rings (SSSR count). The Morgan fingerprint density at radius 1 is 1.09 bits per heavy atom. The molecule has 0 saturated heterocycles. The van der Waals surface area contributed by atoms with E-state index in [9.17, 15) is 9.59 Å². The number of halogens is 1. The zero-order valence-electron chi connectivity index (χ0n) is 25.7. The lowest BCUT2D eigenvalue weighted by Crippen LogP contribution is -2.39. The van der Waals surface area contributed by atoms with Crippen molar-refractivity contribution < 1.29 is 28.5 Å². The summed E-state index contributed by atoms with van der Waals surface area (Å²) in [7, 11) is 1.58. The van der Waals surface area contributed by atoms with Crippen LogP contribution in [0.15, 0.2) is 98.3 Å². The molecule has 47 heavy (non-hydrogen) atoms. The van der Waals surface area contributed by atoms with Crippen molar-refractivity contribution in [3.05, 3.63) is 125 Å². The number of esters is 1. The first-order valence-electron chi connectivity index (χ1n) is 14.9. The number of rotatable bonds is 8. The predicted octanol–water partition coefficient (Wildman–Crippen LogP) is 6.03. The molecule has 2 aliphatic rings. The molecule has 3 heterocycles. The lowest BCUT2D eigenvalue weighted by Gasteiger charge is -2.24. The summed E-state index contributed by atoms with van der Waals surface area (Å²) in [5.41, 5.74) is 2.93. The molecule has 9 nitrogen and oxygen atoms in total. The molecule has 0 spiro atoms. The van der Waals surface area contributed by atoms with Crippen molar-refractivity contribution in [2.45, 2.75) is 26.5 Å². The molecule has 4 aromatic carbocycles. The first-order chi connectivity index (χ1) is 22.9. The van der Waals surface area contributed by atoms with Gasteiger partial charge in [0.15, 0.2) is 27.8 Å². The number of benzene rings is 4. The molecule has 0 amide bonds. The first kappa shape index (κ1) is 30.8. The van der Waals surface area contributed by atoms with Crippen molar-refractivity contribution >= 4 is 50.1 Å². The number of nitrogens with zero attached hydrogens (tertiary/aromatic N) is 2. The molecule has 0 aliphatic carbocycles. The molecule has 5 aromatic rings. The van der Waals surface area contributed by atoms with Gasteiger partial charge in [-0.15, -0.1) is 0 Å². The van der Waals surface area contributed by atoms with Gasteiger partial charge in [0.1, 0.15) is 6.61 Å². The van der Waals surface area contributed by atoms with Crippen molar-refractivity contribution in [2.24, 2.45) is 4.99 Å². The quantitative estimate of drug-likeness (QED) is 0.181. The van der Waals surface area contributed by atoms with Crippen LogP contribution in [0.25, 0.3) is 16.8 Å². The Bertz CT molecular complexity index is 2270. The molecule has 0 fully saturated rings. The fraction of sp³-hybridized carbons (Fsp3) is 0.194. The molecule has 0 N–H and O–H groups in total. The Balaban J connectivity index is 1.27. The minimum Gasteiger partial charge on any atom is -0.493 e. The fourth-order valence-corrected chi connectivity index (χ4v) is 7.49. The Morgan fingerprint density at radius 3 is 2.72 bits per heavy atom. The van der Waals surface area contributed by atoms with Gasteiger partial charge in [0.2, 0.25) is 6.79 Å².